The number of anilines is 1. The van der Waals surface area contributed by atoms with Gasteiger partial charge in [-0.1, -0.05) is 6.07 Å². The van der Waals surface area contributed by atoms with Gasteiger partial charge in [-0.3, -0.25) is 19.7 Å². The fourth-order valence-corrected chi connectivity index (χ4v) is 2.85. The highest BCUT2D eigenvalue weighted by atomic mass is 32.1. The zero-order chi connectivity index (χ0) is 18.4. The van der Waals surface area contributed by atoms with E-state index in [9.17, 15) is 9.59 Å². The number of hydrogen-bond donors (Lipinski definition) is 4. The minimum Gasteiger partial charge on any atom is -0.382 e. The number of nitrogens with zero attached hydrogens (tertiary/aromatic N) is 3. The summed E-state index contributed by atoms with van der Waals surface area (Å²) in [5, 5.41) is 14.3. The topological polar surface area (TPSA) is 139 Å². The number of thiophene rings is 1. The van der Waals surface area contributed by atoms with Crippen molar-refractivity contribution in [1.82, 2.24) is 30.8 Å². The lowest BCUT2D eigenvalue weighted by atomic mass is 10.3. The van der Waals surface area contributed by atoms with Gasteiger partial charge >= 0.3 is 0 Å². The van der Waals surface area contributed by atoms with Crippen LogP contribution in [0, 0.1) is 0 Å². The molecule has 0 radical (unpaired) electrons. The highest BCUT2D eigenvalue weighted by Crippen LogP contribution is 2.22. The second kappa shape index (κ2) is 8.21. The van der Waals surface area contributed by atoms with Gasteiger partial charge < -0.3 is 16.4 Å². The number of H-pyrrole nitrogens is 1. The summed E-state index contributed by atoms with van der Waals surface area (Å²) in [6.45, 7) is 0.791. The first-order valence-corrected chi connectivity index (χ1v) is 8.74. The Hall–Kier alpha value is -3.27. The van der Waals surface area contributed by atoms with Crippen molar-refractivity contribution in [3.8, 4) is 10.6 Å². The molecule has 134 valence electrons. The highest BCUT2D eigenvalue weighted by molar-refractivity contribution is 7.13. The number of nitrogens with one attached hydrogen (secondary N) is 3. The predicted octanol–water partition coefficient (Wildman–Crippen LogP) is 1.06. The average Bonchev–Trinajstić information content (AvgIpc) is 3.32. The minimum absolute atomic E-state index is 0.159. The average molecular weight is 371 g/mol. The van der Waals surface area contributed by atoms with Crippen LogP contribution < -0.4 is 16.4 Å². The number of carbonyl (C=O) groups excluding carboxylic acids is 2. The monoisotopic (exact) mass is 371 g/mol. The number of aromatic amines is 1. The van der Waals surface area contributed by atoms with E-state index < -0.39 is 0 Å². The van der Waals surface area contributed by atoms with Crippen molar-refractivity contribution in [1.29, 1.82) is 0 Å². The van der Waals surface area contributed by atoms with Gasteiger partial charge in [0.05, 0.1) is 23.0 Å². The summed E-state index contributed by atoms with van der Waals surface area (Å²) in [6, 6.07) is 5.60. The highest BCUT2D eigenvalue weighted by Gasteiger charge is 2.12. The van der Waals surface area contributed by atoms with Crippen LogP contribution >= 0.6 is 11.3 Å². The maximum atomic E-state index is 12.1. The molecule has 0 spiro atoms. The van der Waals surface area contributed by atoms with E-state index >= 15 is 0 Å². The molecule has 5 N–H and O–H groups in total. The van der Waals surface area contributed by atoms with Crippen molar-refractivity contribution in [3.63, 3.8) is 0 Å². The molecule has 0 saturated heterocycles. The maximum Gasteiger partial charge on any atom is 0.271 e. The summed E-state index contributed by atoms with van der Waals surface area (Å²) in [5.74, 6) is -0.438. The van der Waals surface area contributed by atoms with E-state index in [1.54, 1.807) is 17.4 Å². The van der Waals surface area contributed by atoms with Crippen molar-refractivity contribution in [3.05, 3.63) is 47.4 Å². The van der Waals surface area contributed by atoms with Crippen LogP contribution in [0.4, 0.5) is 5.82 Å². The van der Waals surface area contributed by atoms with Crippen LogP contribution in [0.3, 0.4) is 0 Å². The molecule has 10 heteroatoms. The Morgan fingerprint density at radius 2 is 1.92 bits per heavy atom. The molecule has 0 aliphatic rings. The zero-order valence-electron chi connectivity index (χ0n) is 13.7. The first-order valence-electron chi connectivity index (χ1n) is 7.86. The predicted molar refractivity (Wildman–Crippen MR) is 97.6 cm³/mol. The van der Waals surface area contributed by atoms with E-state index in [1.807, 2.05) is 17.5 Å². The molecule has 9 nitrogen and oxygen atoms in total. The van der Waals surface area contributed by atoms with Gasteiger partial charge in [0.25, 0.3) is 11.8 Å². The molecule has 0 aliphatic heterocycles. The normalized spacial score (nSPS) is 10.5. The molecule has 0 fully saturated rings. The second-order valence-corrected chi connectivity index (χ2v) is 6.29. The molecule has 26 heavy (non-hydrogen) atoms. The summed E-state index contributed by atoms with van der Waals surface area (Å²) < 4.78 is 0. The van der Waals surface area contributed by atoms with Gasteiger partial charge in [0.1, 0.15) is 11.5 Å². The summed E-state index contributed by atoms with van der Waals surface area (Å²) in [4.78, 5) is 32.7. The number of nitrogen functional groups attached to an aromatic ring is 1. The van der Waals surface area contributed by atoms with Crippen LogP contribution in [-0.4, -0.2) is 45.1 Å². The largest absolute Gasteiger partial charge is 0.382 e. The van der Waals surface area contributed by atoms with E-state index in [-0.39, 0.29) is 23.3 Å². The van der Waals surface area contributed by atoms with Crippen molar-refractivity contribution in [2.24, 2.45) is 0 Å². The van der Waals surface area contributed by atoms with Gasteiger partial charge in [0, 0.05) is 13.1 Å². The molecule has 0 aromatic carbocycles. The molecule has 0 bridgehead atoms. The summed E-state index contributed by atoms with van der Waals surface area (Å²) in [7, 11) is 0. The van der Waals surface area contributed by atoms with Crippen LogP contribution in [0.5, 0.6) is 0 Å². The maximum absolute atomic E-state index is 12.1. The molecule has 0 atom stereocenters. The van der Waals surface area contributed by atoms with Crippen LogP contribution in [0.25, 0.3) is 10.6 Å². The van der Waals surface area contributed by atoms with E-state index in [2.05, 4.69) is 30.8 Å². The van der Waals surface area contributed by atoms with Gasteiger partial charge in [-0.05, 0) is 23.9 Å². The Morgan fingerprint density at radius 1 is 1.15 bits per heavy atom. The molecule has 3 heterocycles. The van der Waals surface area contributed by atoms with Crippen LogP contribution in [0.2, 0.25) is 0 Å². The SMILES string of the molecule is Nc1cncc(C(=O)NCCCNC(=O)c2cc(-c3cccs3)[nH]n2)n1. The number of aromatic nitrogens is 4. The smallest absolute Gasteiger partial charge is 0.271 e. The quantitative estimate of drug-likeness (QED) is 0.458. The number of amides is 2. The second-order valence-electron chi connectivity index (χ2n) is 5.34. The Bertz CT molecular complexity index is 892. The molecule has 3 aromatic rings. The Balaban J connectivity index is 1.40. The lowest BCUT2D eigenvalue weighted by molar-refractivity contribution is 0.0946. The van der Waals surface area contributed by atoms with Gasteiger partial charge in [0.2, 0.25) is 0 Å². The fourth-order valence-electron chi connectivity index (χ4n) is 2.16. The third-order valence-electron chi connectivity index (χ3n) is 3.41. The molecular weight excluding hydrogens is 354 g/mol. The van der Waals surface area contributed by atoms with Crippen molar-refractivity contribution in [2.75, 3.05) is 18.8 Å². The van der Waals surface area contributed by atoms with E-state index in [0.29, 0.717) is 25.2 Å². The van der Waals surface area contributed by atoms with Gasteiger partial charge in [-0.15, -0.1) is 11.3 Å². The fraction of sp³-hybridized carbons (Fsp3) is 0.188. The molecule has 3 rings (SSSR count). The summed E-state index contributed by atoms with van der Waals surface area (Å²) in [6.07, 6.45) is 3.27. The molecule has 0 saturated carbocycles. The van der Waals surface area contributed by atoms with Gasteiger partial charge in [-0.2, -0.15) is 5.10 Å². The van der Waals surface area contributed by atoms with Gasteiger partial charge in [-0.25, -0.2) is 4.98 Å². The number of rotatable bonds is 7. The Kier molecular flexibility index (Phi) is 5.54. The van der Waals surface area contributed by atoms with E-state index in [0.717, 1.165) is 10.6 Å². The third kappa shape index (κ3) is 4.42. The van der Waals surface area contributed by atoms with E-state index in [1.165, 1.54) is 12.4 Å². The number of hydrogen-bond acceptors (Lipinski definition) is 7. The van der Waals surface area contributed by atoms with Crippen LogP contribution in [0.15, 0.2) is 36.0 Å². The van der Waals surface area contributed by atoms with Gasteiger partial charge in [0.15, 0.2) is 5.69 Å². The van der Waals surface area contributed by atoms with E-state index in [4.69, 9.17) is 5.73 Å². The summed E-state index contributed by atoms with van der Waals surface area (Å²) >= 11 is 1.57. The van der Waals surface area contributed by atoms with Crippen LogP contribution in [-0.2, 0) is 0 Å². The van der Waals surface area contributed by atoms with Crippen molar-refractivity contribution in [2.45, 2.75) is 6.42 Å². The number of carbonyl (C=O) groups is 2. The Labute approximate surface area is 153 Å². The minimum atomic E-state index is -0.357. The standard InChI is InChI=1S/C16H17N7O2S/c17-14-9-18-8-12(21-14)16(25)20-5-2-4-19-15(24)11-7-10(22-23-11)13-3-1-6-26-13/h1,3,6-9H,2,4-5H2,(H2,17,21)(H,19,24)(H,20,25)(H,22,23). The Morgan fingerprint density at radius 3 is 2.62 bits per heavy atom. The first kappa shape index (κ1) is 17.5. The zero-order valence-corrected chi connectivity index (χ0v) is 14.5. The van der Waals surface area contributed by atoms with Crippen molar-refractivity contribution < 1.29 is 9.59 Å². The third-order valence-corrected chi connectivity index (χ3v) is 4.31. The molecular formula is C16H17N7O2S. The lowest BCUT2D eigenvalue weighted by Crippen LogP contribution is -2.30. The van der Waals surface area contributed by atoms with Crippen LogP contribution in [0.1, 0.15) is 27.4 Å². The van der Waals surface area contributed by atoms with Crippen molar-refractivity contribution >= 4 is 29.0 Å². The molecule has 0 aliphatic carbocycles. The summed E-state index contributed by atoms with van der Waals surface area (Å²) in [5.41, 5.74) is 6.78. The molecule has 0 unspecified atom stereocenters. The first-order chi connectivity index (χ1) is 12.6. The molecule has 3 aromatic heterocycles. The molecule has 2 amide bonds. The number of nitrogens with two attached hydrogens (primary N) is 1. The lowest BCUT2D eigenvalue weighted by Gasteiger charge is -2.05.